The van der Waals surface area contributed by atoms with Crippen LogP contribution >= 0.6 is 0 Å². The van der Waals surface area contributed by atoms with Gasteiger partial charge in [0.05, 0.1) is 4.90 Å². The molecular formula is C10H9NO4S. The van der Waals surface area contributed by atoms with Crippen LogP contribution in [0.5, 0.6) is 5.88 Å². The fraction of sp³-hybridized carbons (Fsp3) is 0.100. The third kappa shape index (κ3) is 1.92. The van der Waals surface area contributed by atoms with Crippen LogP contribution in [0.3, 0.4) is 0 Å². The third-order valence-corrected chi connectivity index (χ3v) is 3.28. The number of sulfone groups is 1. The summed E-state index contributed by atoms with van der Waals surface area (Å²) in [6.45, 7) is 0.308. The first-order valence-electron chi connectivity index (χ1n) is 4.44. The second kappa shape index (κ2) is 3.64. The first-order valence-corrected chi connectivity index (χ1v) is 6.33. The van der Waals surface area contributed by atoms with Gasteiger partial charge in [-0.2, -0.15) is 0 Å². The zero-order valence-electron chi connectivity index (χ0n) is 8.43. The number of hydrogen-bond acceptors (Lipinski definition) is 4. The average molecular weight is 239 g/mol. The lowest BCUT2D eigenvalue weighted by Gasteiger charge is -1.96. The molecule has 0 unspecified atom stereocenters. The van der Waals surface area contributed by atoms with E-state index in [9.17, 15) is 13.2 Å². The largest absolute Gasteiger partial charge is 0.412 e. The molecule has 1 aromatic heterocycles. The number of carbonyl (C=O) groups is 1. The van der Waals surface area contributed by atoms with Crippen LogP contribution in [0.4, 0.5) is 0 Å². The summed E-state index contributed by atoms with van der Waals surface area (Å²) in [6, 6.07) is 6.22. The van der Waals surface area contributed by atoms with E-state index in [1.807, 2.05) is 0 Å². The monoisotopic (exact) mass is 239 g/mol. The Morgan fingerprint density at radius 2 is 2.06 bits per heavy atom. The number of aromatic nitrogens is 1. The maximum atomic E-state index is 11.3. The number of benzene rings is 1. The number of nitrogens with one attached hydrogen (secondary N) is 1. The van der Waals surface area contributed by atoms with Crippen molar-refractivity contribution in [3.05, 3.63) is 24.3 Å². The minimum absolute atomic E-state index is 0.233. The zero-order valence-corrected chi connectivity index (χ0v) is 9.24. The first kappa shape index (κ1) is 10.7. The van der Waals surface area contributed by atoms with Gasteiger partial charge in [0.2, 0.25) is 5.88 Å². The number of aromatic amines is 1. The van der Waals surface area contributed by atoms with E-state index < -0.39 is 9.84 Å². The normalized spacial score (nSPS) is 11.6. The Hall–Kier alpha value is -1.82. The second-order valence-corrected chi connectivity index (χ2v) is 5.38. The summed E-state index contributed by atoms with van der Waals surface area (Å²) in [5.41, 5.74) is 0.712. The van der Waals surface area contributed by atoms with Gasteiger partial charge in [0.1, 0.15) is 0 Å². The summed E-state index contributed by atoms with van der Waals surface area (Å²) in [6.07, 6.45) is 1.14. The molecule has 0 radical (unpaired) electrons. The molecule has 0 aliphatic rings. The Bertz CT molecular complexity index is 642. The van der Waals surface area contributed by atoms with Crippen LogP contribution in [-0.2, 0) is 14.6 Å². The minimum atomic E-state index is -3.22. The molecule has 2 aromatic rings. The van der Waals surface area contributed by atoms with Crippen LogP contribution in [0.25, 0.3) is 10.9 Å². The van der Waals surface area contributed by atoms with Crippen molar-refractivity contribution in [2.45, 2.75) is 4.90 Å². The minimum Gasteiger partial charge on any atom is -0.412 e. The summed E-state index contributed by atoms with van der Waals surface area (Å²) in [5.74, 6) is 0.288. The highest BCUT2D eigenvalue weighted by Crippen LogP contribution is 2.23. The standard InChI is InChI=1S/C10H9NO4S/c1-16(13,14)8-2-3-9-7(4-8)5-10(11-9)15-6-12/h2-6,11H,1H3. The number of carbonyl (C=O) groups excluding carboxylic acids is 1. The molecule has 0 saturated carbocycles. The fourth-order valence-corrected chi connectivity index (χ4v) is 2.09. The van der Waals surface area contributed by atoms with Crippen molar-refractivity contribution >= 4 is 27.2 Å². The van der Waals surface area contributed by atoms with Gasteiger partial charge in [-0.25, -0.2) is 8.42 Å². The average Bonchev–Trinajstić information content (AvgIpc) is 2.57. The lowest BCUT2D eigenvalue weighted by atomic mass is 10.2. The Kier molecular flexibility index (Phi) is 2.43. The number of ether oxygens (including phenoxy) is 1. The predicted octanol–water partition coefficient (Wildman–Crippen LogP) is 1.11. The van der Waals surface area contributed by atoms with Gasteiger partial charge in [0, 0.05) is 23.2 Å². The molecule has 6 heteroatoms. The van der Waals surface area contributed by atoms with Gasteiger partial charge in [-0.05, 0) is 18.2 Å². The molecule has 0 saturated heterocycles. The van der Waals surface area contributed by atoms with Gasteiger partial charge in [-0.15, -0.1) is 0 Å². The van der Waals surface area contributed by atoms with Crippen molar-refractivity contribution in [2.75, 3.05) is 6.26 Å². The molecule has 2 rings (SSSR count). The molecule has 0 fully saturated rings. The zero-order chi connectivity index (χ0) is 11.8. The van der Waals surface area contributed by atoms with E-state index in [4.69, 9.17) is 0 Å². The topological polar surface area (TPSA) is 76.2 Å². The van der Waals surface area contributed by atoms with Gasteiger partial charge in [0.15, 0.2) is 9.84 Å². The van der Waals surface area contributed by atoms with Crippen LogP contribution in [0.15, 0.2) is 29.2 Å². The Morgan fingerprint density at radius 1 is 1.31 bits per heavy atom. The molecule has 0 aliphatic carbocycles. The SMILES string of the molecule is CS(=O)(=O)c1ccc2[nH]c(OC=O)cc2c1. The molecule has 0 amide bonds. The Labute approximate surface area is 92.0 Å². The smallest absolute Gasteiger partial charge is 0.299 e. The molecule has 1 N–H and O–H groups in total. The summed E-state index contributed by atoms with van der Waals surface area (Å²) < 4.78 is 27.3. The number of hydrogen-bond donors (Lipinski definition) is 1. The summed E-state index contributed by atoms with van der Waals surface area (Å²) in [4.78, 5) is 13.2. The van der Waals surface area contributed by atoms with Gasteiger partial charge < -0.3 is 9.72 Å². The third-order valence-electron chi connectivity index (χ3n) is 2.17. The lowest BCUT2D eigenvalue weighted by molar-refractivity contribution is -0.120. The van der Waals surface area contributed by atoms with E-state index >= 15 is 0 Å². The van der Waals surface area contributed by atoms with Crippen molar-refractivity contribution in [3.63, 3.8) is 0 Å². The molecule has 16 heavy (non-hydrogen) atoms. The number of rotatable bonds is 3. The number of fused-ring (bicyclic) bond motifs is 1. The van der Waals surface area contributed by atoms with Crippen molar-refractivity contribution in [3.8, 4) is 5.88 Å². The van der Waals surface area contributed by atoms with Crippen molar-refractivity contribution < 1.29 is 17.9 Å². The Morgan fingerprint density at radius 3 is 2.69 bits per heavy atom. The van der Waals surface area contributed by atoms with Crippen molar-refractivity contribution in [2.24, 2.45) is 0 Å². The highest BCUT2D eigenvalue weighted by atomic mass is 32.2. The summed E-state index contributed by atoms with van der Waals surface area (Å²) in [5, 5.41) is 0.680. The molecule has 1 heterocycles. The number of H-pyrrole nitrogens is 1. The van der Waals surface area contributed by atoms with Crippen LogP contribution in [0, 0.1) is 0 Å². The van der Waals surface area contributed by atoms with Crippen LogP contribution in [-0.4, -0.2) is 26.1 Å². The maximum Gasteiger partial charge on any atom is 0.299 e. The van der Waals surface area contributed by atoms with E-state index in [1.54, 1.807) is 12.1 Å². The van der Waals surface area contributed by atoms with E-state index in [0.29, 0.717) is 17.4 Å². The van der Waals surface area contributed by atoms with Crippen LogP contribution in [0.2, 0.25) is 0 Å². The van der Waals surface area contributed by atoms with E-state index in [-0.39, 0.29) is 10.8 Å². The van der Waals surface area contributed by atoms with E-state index in [0.717, 1.165) is 6.26 Å². The molecule has 1 aromatic carbocycles. The molecule has 84 valence electrons. The van der Waals surface area contributed by atoms with Gasteiger partial charge in [0.25, 0.3) is 6.47 Å². The lowest BCUT2D eigenvalue weighted by Crippen LogP contribution is -1.95. The molecule has 0 bridgehead atoms. The molecule has 0 atom stereocenters. The van der Waals surface area contributed by atoms with Gasteiger partial charge in [-0.3, -0.25) is 4.79 Å². The van der Waals surface area contributed by atoms with E-state index in [2.05, 4.69) is 9.72 Å². The quantitative estimate of drug-likeness (QED) is 0.814. The summed E-state index contributed by atoms with van der Waals surface area (Å²) >= 11 is 0. The van der Waals surface area contributed by atoms with Crippen molar-refractivity contribution in [1.82, 2.24) is 4.98 Å². The molecular weight excluding hydrogens is 230 g/mol. The molecule has 0 spiro atoms. The molecule has 5 nitrogen and oxygen atoms in total. The van der Waals surface area contributed by atoms with Gasteiger partial charge >= 0.3 is 0 Å². The summed E-state index contributed by atoms with van der Waals surface area (Å²) in [7, 11) is -3.22. The maximum absolute atomic E-state index is 11.3. The molecule has 0 aliphatic heterocycles. The first-order chi connectivity index (χ1) is 7.50. The van der Waals surface area contributed by atoms with E-state index in [1.165, 1.54) is 12.1 Å². The second-order valence-electron chi connectivity index (χ2n) is 3.37. The van der Waals surface area contributed by atoms with Crippen LogP contribution in [0.1, 0.15) is 0 Å². The fourth-order valence-electron chi connectivity index (χ4n) is 1.43. The Balaban J connectivity index is 2.58. The highest BCUT2D eigenvalue weighted by Gasteiger charge is 2.09. The van der Waals surface area contributed by atoms with Crippen LogP contribution < -0.4 is 4.74 Å². The predicted molar refractivity (Wildman–Crippen MR) is 58.1 cm³/mol. The van der Waals surface area contributed by atoms with Crippen molar-refractivity contribution in [1.29, 1.82) is 0 Å². The van der Waals surface area contributed by atoms with Gasteiger partial charge in [-0.1, -0.05) is 0 Å². The highest BCUT2D eigenvalue weighted by molar-refractivity contribution is 7.90.